The van der Waals surface area contributed by atoms with Crippen LogP contribution in [0, 0.1) is 0 Å². The van der Waals surface area contributed by atoms with Crippen molar-refractivity contribution in [1.82, 2.24) is 29.7 Å². The van der Waals surface area contributed by atoms with Crippen molar-refractivity contribution in [3.8, 4) is 5.95 Å². The van der Waals surface area contributed by atoms with Gasteiger partial charge in [-0.25, -0.2) is 24.6 Å². The van der Waals surface area contributed by atoms with Crippen LogP contribution in [0.4, 0.5) is 11.5 Å². The van der Waals surface area contributed by atoms with E-state index in [1.165, 1.54) is 6.33 Å². The molecule has 112 valence electrons. The first kappa shape index (κ1) is 13.6. The lowest BCUT2D eigenvalue weighted by Crippen LogP contribution is -2.00. The summed E-state index contributed by atoms with van der Waals surface area (Å²) in [6.45, 7) is 0. The molecule has 0 aliphatic heterocycles. The Morgan fingerprint density at radius 3 is 2.78 bits per heavy atom. The minimum absolute atomic E-state index is 0.500. The highest BCUT2D eigenvalue weighted by molar-refractivity contribution is 6.31. The minimum Gasteiger partial charge on any atom is -0.337 e. The van der Waals surface area contributed by atoms with Crippen molar-refractivity contribution in [3.05, 3.63) is 60.4 Å². The predicted molar refractivity (Wildman–Crippen MR) is 87.0 cm³/mol. The summed E-state index contributed by atoms with van der Waals surface area (Å²) in [6.07, 6.45) is 8.29. The van der Waals surface area contributed by atoms with Crippen LogP contribution in [0.1, 0.15) is 0 Å². The summed E-state index contributed by atoms with van der Waals surface area (Å²) in [5.74, 6) is 1.18. The topological polar surface area (TPSA) is 81.4 Å². The second-order valence-corrected chi connectivity index (χ2v) is 5.17. The molecule has 23 heavy (non-hydrogen) atoms. The fourth-order valence-corrected chi connectivity index (χ4v) is 2.34. The first-order valence-corrected chi connectivity index (χ1v) is 7.17. The Morgan fingerprint density at radius 1 is 1.04 bits per heavy atom. The number of nitrogens with one attached hydrogen (secondary N) is 1. The third-order valence-corrected chi connectivity index (χ3v) is 3.44. The van der Waals surface area contributed by atoms with E-state index in [0.717, 1.165) is 16.6 Å². The van der Waals surface area contributed by atoms with Crippen molar-refractivity contribution in [2.45, 2.75) is 0 Å². The van der Waals surface area contributed by atoms with Gasteiger partial charge >= 0.3 is 0 Å². The molecule has 0 saturated carbocycles. The van der Waals surface area contributed by atoms with Crippen LogP contribution >= 0.6 is 11.6 Å². The summed E-state index contributed by atoms with van der Waals surface area (Å²) >= 11 is 5.99. The Kier molecular flexibility index (Phi) is 3.32. The molecule has 1 N–H and O–H groups in total. The number of halogens is 1. The SMILES string of the molecule is Clc1ccc2c(Nc3cnn(-c4ncccn4)c3)ncnc2c1. The van der Waals surface area contributed by atoms with Gasteiger partial charge in [-0.1, -0.05) is 11.6 Å². The van der Waals surface area contributed by atoms with E-state index in [4.69, 9.17) is 11.6 Å². The Hall–Kier alpha value is -3.06. The van der Waals surface area contributed by atoms with Gasteiger partial charge in [0.05, 0.1) is 23.6 Å². The number of hydrogen-bond acceptors (Lipinski definition) is 6. The van der Waals surface area contributed by atoms with Crippen LogP contribution in [-0.4, -0.2) is 29.7 Å². The van der Waals surface area contributed by atoms with Gasteiger partial charge in [0.25, 0.3) is 0 Å². The van der Waals surface area contributed by atoms with Gasteiger partial charge in [-0.15, -0.1) is 0 Å². The first-order valence-electron chi connectivity index (χ1n) is 6.79. The van der Waals surface area contributed by atoms with Gasteiger partial charge in [0, 0.05) is 22.8 Å². The van der Waals surface area contributed by atoms with E-state index in [1.54, 1.807) is 47.7 Å². The van der Waals surface area contributed by atoms with Crippen LogP contribution in [0.3, 0.4) is 0 Å². The third-order valence-electron chi connectivity index (χ3n) is 3.20. The molecule has 0 amide bonds. The van der Waals surface area contributed by atoms with E-state index >= 15 is 0 Å². The molecule has 0 saturated heterocycles. The molecule has 0 spiro atoms. The van der Waals surface area contributed by atoms with E-state index in [9.17, 15) is 0 Å². The number of fused-ring (bicyclic) bond motifs is 1. The first-order chi connectivity index (χ1) is 11.3. The summed E-state index contributed by atoms with van der Waals surface area (Å²) < 4.78 is 1.59. The quantitative estimate of drug-likeness (QED) is 0.624. The summed E-state index contributed by atoms with van der Waals surface area (Å²) in [5, 5.41) is 8.98. The number of benzene rings is 1. The standard InChI is InChI=1S/C15H10ClN7/c16-10-2-3-12-13(6-10)19-9-20-14(12)22-11-7-21-23(8-11)15-17-4-1-5-18-15/h1-9H,(H,19,20,22). The second-order valence-electron chi connectivity index (χ2n) is 4.73. The average Bonchev–Trinajstić information content (AvgIpc) is 3.04. The Bertz CT molecular complexity index is 968. The lowest BCUT2D eigenvalue weighted by molar-refractivity contribution is 0.808. The van der Waals surface area contributed by atoms with Crippen LogP contribution in [0.5, 0.6) is 0 Å². The molecule has 4 rings (SSSR count). The van der Waals surface area contributed by atoms with Crippen LogP contribution in [-0.2, 0) is 0 Å². The van der Waals surface area contributed by atoms with E-state index in [1.807, 2.05) is 6.07 Å². The summed E-state index contributed by atoms with van der Waals surface area (Å²) in [6, 6.07) is 7.24. The molecule has 8 heteroatoms. The fraction of sp³-hybridized carbons (Fsp3) is 0. The van der Waals surface area contributed by atoms with Crippen molar-refractivity contribution in [2.24, 2.45) is 0 Å². The summed E-state index contributed by atoms with van der Waals surface area (Å²) in [4.78, 5) is 16.8. The van der Waals surface area contributed by atoms with E-state index in [0.29, 0.717) is 16.8 Å². The zero-order valence-electron chi connectivity index (χ0n) is 11.8. The number of hydrogen-bond donors (Lipinski definition) is 1. The smallest absolute Gasteiger partial charge is 0.250 e. The van der Waals surface area contributed by atoms with Crippen LogP contribution < -0.4 is 5.32 Å². The molecule has 0 aliphatic carbocycles. The van der Waals surface area contributed by atoms with Crippen molar-refractivity contribution in [1.29, 1.82) is 0 Å². The Balaban J connectivity index is 1.68. The van der Waals surface area contributed by atoms with Crippen molar-refractivity contribution in [2.75, 3.05) is 5.32 Å². The van der Waals surface area contributed by atoms with Crippen LogP contribution in [0.2, 0.25) is 5.02 Å². The zero-order chi connectivity index (χ0) is 15.6. The molecule has 3 aromatic heterocycles. The largest absolute Gasteiger partial charge is 0.337 e. The molecule has 0 atom stereocenters. The molecule has 0 unspecified atom stereocenters. The molecule has 0 radical (unpaired) electrons. The van der Waals surface area contributed by atoms with Gasteiger partial charge in [-0.2, -0.15) is 5.10 Å². The maximum absolute atomic E-state index is 5.99. The molecule has 0 fully saturated rings. The third kappa shape index (κ3) is 2.69. The lowest BCUT2D eigenvalue weighted by atomic mass is 10.2. The van der Waals surface area contributed by atoms with E-state index in [2.05, 4.69) is 30.4 Å². The van der Waals surface area contributed by atoms with Crippen LogP contribution in [0.25, 0.3) is 16.9 Å². The number of anilines is 2. The maximum Gasteiger partial charge on any atom is 0.250 e. The Labute approximate surface area is 136 Å². The molecular formula is C15H10ClN7. The molecule has 7 nitrogen and oxygen atoms in total. The summed E-state index contributed by atoms with van der Waals surface area (Å²) in [5.41, 5.74) is 1.54. The van der Waals surface area contributed by atoms with Crippen LogP contribution in [0.15, 0.2) is 55.4 Å². The zero-order valence-corrected chi connectivity index (χ0v) is 12.5. The van der Waals surface area contributed by atoms with Crippen molar-refractivity contribution in [3.63, 3.8) is 0 Å². The molecule has 1 aromatic carbocycles. The summed E-state index contributed by atoms with van der Waals surface area (Å²) in [7, 11) is 0. The number of rotatable bonds is 3. The van der Waals surface area contributed by atoms with E-state index < -0.39 is 0 Å². The van der Waals surface area contributed by atoms with Gasteiger partial charge in [-0.05, 0) is 24.3 Å². The van der Waals surface area contributed by atoms with Gasteiger partial charge < -0.3 is 5.32 Å². The van der Waals surface area contributed by atoms with Gasteiger partial charge in [-0.3, -0.25) is 0 Å². The molecule has 0 aliphatic rings. The monoisotopic (exact) mass is 323 g/mol. The van der Waals surface area contributed by atoms with Gasteiger partial charge in [0.15, 0.2) is 0 Å². The highest BCUT2D eigenvalue weighted by Gasteiger charge is 2.07. The molecule has 4 aromatic rings. The maximum atomic E-state index is 5.99. The predicted octanol–water partition coefficient (Wildman–Crippen LogP) is 3.00. The lowest BCUT2D eigenvalue weighted by Gasteiger charge is -2.06. The minimum atomic E-state index is 0.500. The van der Waals surface area contributed by atoms with Gasteiger partial charge in [0.1, 0.15) is 12.1 Å². The van der Waals surface area contributed by atoms with Crippen molar-refractivity contribution < 1.29 is 0 Å². The normalized spacial score (nSPS) is 10.8. The van der Waals surface area contributed by atoms with E-state index in [-0.39, 0.29) is 0 Å². The molecule has 3 heterocycles. The van der Waals surface area contributed by atoms with Gasteiger partial charge in [0.2, 0.25) is 5.95 Å². The average molecular weight is 324 g/mol. The molecular weight excluding hydrogens is 314 g/mol. The second kappa shape index (κ2) is 5.62. The van der Waals surface area contributed by atoms with Crippen molar-refractivity contribution >= 4 is 34.0 Å². The fourth-order valence-electron chi connectivity index (χ4n) is 2.17. The number of aromatic nitrogens is 6. The Morgan fingerprint density at radius 2 is 1.91 bits per heavy atom. The highest BCUT2D eigenvalue weighted by Crippen LogP contribution is 2.25. The highest BCUT2D eigenvalue weighted by atomic mass is 35.5. The molecule has 0 bridgehead atoms. The number of nitrogens with zero attached hydrogens (tertiary/aromatic N) is 6.